The Kier molecular flexibility index (Phi) is 3.70. The molecule has 0 saturated heterocycles. The summed E-state index contributed by atoms with van der Waals surface area (Å²) in [5.74, 6) is 0.0619. The Morgan fingerprint density at radius 2 is 1.85 bits per heavy atom. The summed E-state index contributed by atoms with van der Waals surface area (Å²) in [6, 6.07) is 5.25. The Hall–Kier alpha value is -2.04. The number of nitrogens with two attached hydrogens (primary N) is 3. The minimum Gasteiger partial charge on any atom is -0.399 e. The van der Waals surface area contributed by atoms with Gasteiger partial charge in [-0.25, -0.2) is 18.5 Å². The van der Waals surface area contributed by atoms with Crippen molar-refractivity contribution in [2.75, 3.05) is 11.5 Å². The maximum Gasteiger partial charge on any atom is 0.253 e. The Morgan fingerprint density at radius 1 is 1.15 bits per heavy atom. The van der Waals surface area contributed by atoms with E-state index in [2.05, 4.69) is 9.97 Å². The van der Waals surface area contributed by atoms with Crippen molar-refractivity contribution in [2.45, 2.75) is 14.9 Å². The molecule has 20 heavy (non-hydrogen) atoms. The standard InChI is InChI=1S/C10H11N5O3S2/c11-5-1-6(3-7(2-5)20(13,17)18)19-10-14-8(12)4-9(16)15-10/h1-4H,11H2,(H2,13,17,18)(H3,12,14,15,16). The molecular weight excluding hydrogens is 302 g/mol. The zero-order valence-corrected chi connectivity index (χ0v) is 11.7. The highest BCUT2D eigenvalue weighted by Gasteiger charge is 2.11. The summed E-state index contributed by atoms with van der Waals surface area (Å²) in [5, 5.41) is 5.27. The molecule has 0 unspecified atom stereocenters. The van der Waals surface area contributed by atoms with Crippen LogP contribution < -0.4 is 22.2 Å². The van der Waals surface area contributed by atoms with E-state index in [9.17, 15) is 13.2 Å². The van der Waals surface area contributed by atoms with Crippen LogP contribution in [0.4, 0.5) is 11.5 Å². The molecule has 0 radical (unpaired) electrons. The second kappa shape index (κ2) is 5.15. The van der Waals surface area contributed by atoms with Crippen molar-refractivity contribution >= 4 is 33.3 Å². The van der Waals surface area contributed by atoms with Gasteiger partial charge in [-0.05, 0) is 18.2 Å². The third-order valence-electron chi connectivity index (χ3n) is 2.19. The Labute approximate surface area is 118 Å². The summed E-state index contributed by atoms with van der Waals surface area (Å²) in [5.41, 5.74) is 10.9. The maximum atomic E-state index is 11.3. The Bertz CT molecular complexity index is 816. The summed E-state index contributed by atoms with van der Waals surface area (Å²) in [4.78, 5) is 18.0. The number of aromatic nitrogens is 2. The average Bonchev–Trinajstić information content (AvgIpc) is 2.25. The Balaban J connectivity index is 2.44. The van der Waals surface area contributed by atoms with Gasteiger partial charge in [-0.2, -0.15) is 0 Å². The largest absolute Gasteiger partial charge is 0.399 e. The quantitative estimate of drug-likeness (QED) is 0.448. The number of nitrogens with zero attached hydrogens (tertiary/aromatic N) is 1. The van der Waals surface area contributed by atoms with Crippen molar-refractivity contribution in [1.29, 1.82) is 0 Å². The van der Waals surface area contributed by atoms with Crippen LogP contribution in [0.25, 0.3) is 0 Å². The third kappa shape index (κ3) is 3.50. The van der Waals surface area contributed by atoms with E-state index in [-0.39, 0.29) is 21.6 Å². The molecular formula is C10H11N5O3S2. The Morgan fingerprint density at radius 3 is 2.45 bits per heavy atom. The molecule has 7 N–H and O–H groups in total. The smallest absolute Gasteiger partial charge is 0.253 e. The lowest BCUT2D eigenvalue weighted by Gasteiger charge is -2.05. The molecule has 2 aromatic rings. The lowest BCUT2D eigenvalue weighted by molar-refractivity contribution is 0.597. The molecule has 0 bridgehead atoms. The number of nitrogens with one attached hydrogen (secondary N) is 1. The van der Waals surface area contributed by atoms with Crippen LogP contribution in [0.5, 0.6) is 0 Å². The molecule has 0 atom stereocenters. The summed E-state index contributed by atoms with van der Waals surface area (Å²) >= 11 is 1.01. The fourth-order valence-electron chi connectivity index (χ4n) is 1.43. The molecule has 0 aliphatic carbocycles. The molecule has 2 rings (SSSR count). The number of hydrogen-bond acceptors (Lipinski definition) is 7. The zero-order chi connectivity index (χ0) is 14.9. The minimum atomic E-state index is -3.87. The van der Waals surface area contributed by atoms with Gasteiger partial charge in [-0.15, -0.1) is 0 Å². The lowest BCUT2D eigenvalue weighted by atomic mass is 10.3. The first kappa shape index (κ1) is 14.4. The van der Waals surface area contributed by atoms with E-state index in [1.54, 1.807) is 0 Å². The fraction of sp³-hybridized carbons (Fsp3) is 0. The van der Waals surface area contributed by atoms with Gasteiger partial charge in [0.05, 0.1) is 4.90 Å². The highest BCUT2D eigenvalue weighted by atomic mass is 32.2. The number of primary sulfonamides is 1. The summed E-state index contributed by atoms with van der Waals surface area (Å²) in [7, 11) is -3.87. The van der Waals surface area contributed by atoms with Gasteiger partial charge in [0.2, 0.25) is 10.0 Å². The predicted octanol–water partition coefficient (Wildman–Crippen LogP) is -0.267. The number of hydrogen-bond donors (Lipinski definition) is 4. The average molecular weight is 313 g/mol. The van der Waals surface area contributed by atoms with Gasteiger partial charge < -0.3 is 16.5 Å². The van der Waals surface area contributed by atoms with Crippen LogP contribution in [0.3, 0.4) is 0 Å². The topological polar surface area (TPSA) is 158 Å². The molecule has 0 aliphatic rings. The van der Waals surface area contributed by atoms with E-state index >= 15 is 0 Å². The zero-order valence-electron chi connectivity index (χ0n) is 10.0. The minimum absolute atomic E-state index is 0.0619. The molecule has 0 fully saturated rings. The molecule has 0 aliphatic heterocycles. The molecule has 0 amide bonds. The number of nitrogen functional groups attached to an aromatic ring is 2. The second-order valence-corrected chi connectivity index (χ2v) is 6.48. The van der Waals surface area contributed by atoms with Crippen molar-refractivity contribution in [1.82, 2.24) is 9.97 Å². The van der Waals surface area contributed by atoms with Gasteiger partial charge in [-0.3, -0.25) is 4.79 Å². The lowest BCUT2D eigenvalue weighted by Crippen LogP contribution is -2.12. The van der Waals surface area contributed by atoms with E-state index < -0.39 is 15.6 Å². The van der Waals surface area contributed by atoms with Gasteiger partial charge >= 0.3 is 0 Å². The number of H-pyrrole nitrogens is 1. The van der Waals surface area contributed by atoms with Crippen LogP contribution in [-0.4, -0.2) is 18.4 Å². The molecule has 0 spiro atoms. The maximum absolute atomic E-state index is 11.3. The summed E-state index contributed by atoms with van der Waals surface area (Å²) in [6.07, 6.45) is 0. The summed E-state index contributed by atoms with van der Waals surface area (Å²) < 4.78 is 22.6. The van der Waals surface area contributed by atoms with E-state index in [4.69, 9.17) is 16.6 Å². The first-order valence-corrected chi connectivity index (χ1v) is 7.58. The second-order valence-electron chi connectivity index (χ2n) is 3.86. The van der Waals surface area contributed by atoms with Crippen molar-refractivity contribution < 1.29 is 8.42 Å². The number of aromatic amines is 1. The van der Waals surface area contributed by atoms with Gasteiger partial charge in [0.25, 0.3) is 5.56 Å². The van der Waals surface area contributed by atoms with Crippen LogP contribution in [0.2, 0.25) is 0 Å². The van der Waals surface area contributed by atoms with Gasteiger partial charge in [0.15, 0.2) is 5.16 Å². The van der Waals surface area contributed by atoms with Gasteiger partial charge in [0, 0.05) is 16.6 Å². The van der Waals surface area contributed by atoms with Gasteiger partial charge in [0.1, 0.15) is 5.82 Å². The highest BCUT2D eigenvalue weighted by molar-refractivity contribution is 7.99. The van der Waals surface area contributed by atoms with E-state index in [0.29, 0.717) is 4.90 Å². The SMILES string of the molecule is Nc1cc(Sc2nc(N)cc(=O)[nH]2)cc(S(N)(=O)=O)c1. The van der Waals surface area contributed by atoms with Crippen LogP contribution in [0.1, 0.15) is 0 Å². The molecule has 8 nitrogen and oxygen atoms in total. The number of anilines is 2. The highest BCUT2D eigenvalue weighted by Crippen LogP contribution is 2.28. The molecule has 1 aromatic heterocycles. The normalized spacial score (nSPS) is 11.4. The van der Waals surface area contributed by atoms with Crippen molar-refractivity contribution in [2.24, 2.45) is 5.14 Å². The first-order valence-electron chi connectivity index (χ1n) is 5.22. The molecule has 1 heterocycles. The van der Waals surface area contributed by atoms with Crippen LogP contribution in [0.15, 0.2) is 44.0 Å². The van der Waals surface area contributed by atoms with Crippen molar-refractivity contribution in [3.8, 4) is 0 Å². The van der Waals surface area contributed by atoms with Crippen LogP contribution in [-0.2, 0) is 10.0 Å². The number of benzene rings is 1. The first-order chi connectivity index (χ1) is 9.24. The third-order valence-corrected chi connectivity index (χ3v) is 3.94. The summed E-state index contributed by atoms with van der Waals surface area (Å²) in [6.45, 7) is 0. The predicted molar refractivity (Wildman–Crippen MR) is 75.6 cm³/mol. The van der Waals surface area contributed by atoms with Crippen LogP contribution >= 0.6 is 11.8 Å². The number of sulfonamides is 1. The number of rotatable bonds is 3. The van der Waals surface area contributed by atoms with E-state index in [0.717, 1.165) is 17.8 Å². The molecule has 1 aromatic carbocycles. The fourth-order valence-corrected chi connectivity index (χ4v) is 3.00. The molecule has 10 heteroatoms. The van der Waals surface area contributed by atoms with Crippen LogP contribution in [0, 0.1) is 0 Å². The van der Waals surface area contributed by atoms with Crippen molar-refractivity contribution in [3.05, 3.63) is 34.6 Å². The van der Waals surface area contributed by atoms with E-state index in [1.807, 2.05) is 0 Å². The monoisotopic (exact) mass is 313 g/mol. The molecule has 0 saturated carbocycles. The van der Waals surface area contributed by atoms with E-state index in [1.165, 1.54) is 18.2 Å². The van der Waals surface area contributed by atoms with Crippen molar-refractivity contribution in [3.63, 3.8) is 0 Å². The molecule has 106 valence electrons. The van der Waals surface area contributed by atoms with Gasteiger partial charge in [-0.1, -0.05) is 11.8 Å².